The van der Waals surface area contributed by atoms with E-state index in [2.05, 4.69) is 17.6 Å². The summed E-state index contributed by atoms with van der Waals surface area (Å²) in [6.07, 6.45) is 10.9. The number of ketones is 1. The summed E-state index contributed by atoms with van der Waals surface area (Å²) >= 11 is 0. The summed E-state index contributed by atoms with van der Waals surface area (Å²) in [4.78, 5) is 48.7. The zero-order chi connectivity index (χ0) is 26.2. The monoisotopic (exact) mass is 494 g/mol. The number of Topliss-reactive ketones (excluding diaryl/α,β-unsaturated/α-hetero) is 1. The zero-order valence-electron chi connectivity index (χ0n) is 21.4. The van der Waals surface area contributed by atoms with Crippen LogP contribution in [0.1, 0.15) is 98.8 Å². The smallest absolute Gasteiger partial charge is 0.340 e. The number of benzene rings is 2. The maximum atomic E-state index is 12.6. The molecule has 0 aliphatic heterocycles. The number of unbranched alkanes of at least 4 members (excludes halogenated alkanes) is 8. The number of nitrogens with one attached hydrogen (secondary N) is 2. The lowest BCUT2D eigenvalue weighted by molar-refractivity contribution is -0.119. The van der Waals surface area contributed by atoms with Crippen LogP contribution in [0.3, 0.4) is 0 Å². The van der Waals surface area contributed by atoms with E-state index in [0.717, 1.165) is 19.3 Å². The third-order valence-corrected chi connectivity index (χ3v) is 5.82. The molecule has 0 saturated heterocycles. The molecule has 0 aliphatic carbocycles. The van der Waals surface area contributed by atoms with Gasteiger partial charge in [-0.05, 0) is 37.6 Å². The lowest BCUT2D eigenvalue weighted by atomic mass is 10.1. The average molecular weight is 495 g/mol. The van der Waals surface area contributed by atoms with E-state index in [-0.39, 0.29) is 17.3 Å². The zero-order valence-corrected chi connectivity index (χ0v) is 21.4. The molecular formula is C29H38N2O5. The van der Waals surface area contributed by atoms with Crippen LogP contribution in [-0.2, 0) is 14.3 Å². The quantitative estimate of drug-likeness (QED) is 0.157. The Morgan fingerprint density at radius 1 is 0.750 bits per heavy atom. The molecule has 0 aromatic heterocycles. The maximum absolute atomic E-state index is 12.6. The van der Waals surface area contributed by atoms with E-state index in [1.54, 1.807) is 48.5 Å². The van der Waals surface area contributed by atoms with Gasteiger partial charge in [0, 0.05) is 17.7 Å². The molecular weight excluding hydrogens is 456 g/mol. The molecule has 0 spiro atoms. The molecule has 2 amide bonds. The largest absolute Gasteiger partial charge is 0.452 e. The number of amides is 2. The first kappa shape index (κ1) is 28.8. The number of carbonyl (C=O) groups is 4. The fraction of sp³-hybridized carbons (Fsp3) is 0.448. The summed E-state index contributed by atoms with van der Waals surface area (Å²) in [6.45, 7) is 3.16. The standard InChI is InChI=1S/C29H38N2O5/c1-3-4-5-6-7-8-9-10-11-19-27(33)31-26-18-13-12-17-25(26)29(35)36-21-28(34)30-24-16-14-15-23(20-24)22(2)32/h12-18,20H,3-11,19,21H2,1-2H3,(H,30,34)(H,31,33). The molecule has 7 heteroatoms. The second kappa shape index (κ2) is 16.2. The molecule has 0 fully saturated rings. The van der Waals surface area contributed by atoms with E-state index in [0.29, 0.717) is 23.4 Å². The van der Waals surface area contributed by atoms with Crippen LogP contribution in [0.2, 0.25) is 0 Å². The Morgan fingerprint density at radius 2 is 1.42 bits per heavy atom. The van der Waals surface area contributed by atoms with E-state index in [1.165, 1.54) is 45.4 Å². The Balaban J connectivity index is 1.76. The second-order valence-corrected chi connectivity index (χ2v) is 8.93. The highest BCUT2D eigenvalue weighted by Gasteiger charge is 2.16. The van der Waals surface area contributed by atoms with Gasteiger partial charge in [0.1, 0.15) is 0 Å². The fourth-order valence-corrected chi connectivity index (χ4v) is 3.80. The van der Waals surface area contributed by atoms with Crippen molar-refractivity contribution in [3.8, 4) is 0 Å². The Labute approximate surface area is 214 Å². The molecule has 0 aliphatic rings. The van der Waals surface area contributed by atoms with Crippen LogP contribution in [0.5, 0.6) is 0 Å². The number of esters is 1. The van der Waals surface area contributed by atoms with Crippen molar-refractivity contribution in [3.05, 3.63) is 59.7 Å². The Bertz CT molecular complexity index is 1020. The molecule has 2 N–H and O–H groups in total. The van der Waals surface area contributed by atoms with Gasteiger partial charge in [-0.2, -0.15) is 0 Å². The van der Waals surface area contributed by atoms with Crippen molar-refractivity contribution in [1.29, 1.82) is 0 Å². The van der Waals surface area contributed by atoms with Gasteiger partial charge in [-0.3, -0.25) is 14.4 Å². The number of rotatable bonds is 16. The summed E-state index contributed by atoms with van der Waals surface area (Å²) in [5, 5.41) is 5.39. The van der Waals surface area contributed by atoms with Crippen LogP contribution < -0.4 is 10.6 Å². The molecule has 0 atom stereocenters. The summed E-state index contributed by atoms with van der Waals surface area (Å²) < 4.78 is 5.15. The highest BCUT2D eigenvalue weighted by molar-refractivity contribution is 6.02. The fourth-order valence-electron chi connectivity index (χ4n) is 3.80. The summed E-state index contributed by atoms with van der Waals surface area (Å²) in [7, 11) is 0. The van der Waals surface area contributed by atoms with Crippen molar-refractivity contribution in [3.63, 3.8) is 0 Å². The minimum atomic E-state index is -0.707. The van der Waals surface area contributed by atoms with Gasteiger partial charge >= 0.3 is 5.97 Å². The number of hydrogen-bond donors (Lipinski definition) is 2. The highest BCUT2D eigenvalue weighted by Crippen LogP contribution is 2.18. The van der Waals surface area contributed by atoms with E-state index in [1.807, 2.05) is 0 Å². The van der Waals surface area contributed by atoms with Gasteiger partial charge in [0.15, 0.2) is 12.4 Å². The molecule has 2 aromatic carbocycles. The van der Waals surface area contributed by atoms with Crippen molar-refractivity contribution in [2.24, 2.45) is 0 Å². The summed E-state index contributed by atoms with van der Waals surface area (Å²) in [5.41, 5.74) is 1.45. The Hall–Kier alpha value is -3.48. The Kier molecular flexibility index (Phi) is 13.0. The van der Waals surface area contributed by atoms with Gasteiger partial charge < -0.3 is 15.4 Å². The van der Waals surface area contributed by atoms with Crippen molar-refractivity contribution in [2.75, 3.05) is 17.2 Å². The summed E-state index contributed by atoms with van der Waals surface area (Å²) in [5.74, 6) is -1.51. The van der Waals surface area contributed by atoms with Gasteiger partial charge in [-0.1, -0.05) is 82.6 Å². The van der Waals surface area contributed by atoms with Gasteiger partial charge in [-0.15, -0.1) is 0 Å². The summed E-state index contributed by atoms with van der Waals surface area (Å²) in [6, 6.07) is 13.1. The molecule has 2 rings (SSSR count). The van der Waals surface area contributed by atoms with Gasteiger partial charge in [0.2, 0.25) is 5.91 Å². The maximum Gasteiger partial charge on any atom is 0.340 e. The minimum absolute atomic E-state index is 0.117. The van der Waals surface area contributed by atoms with Gasteiger partial charge in [-0.25, -0.2) is 4.79 Å². The van der Waals surface area contributed by atoms with Crippen LogP contribution in [-0.4, -0.2) is 30.2 Å². The van der Waals surface area contributed by atoms with E-state index in [4.69, 9.17) is 4.74 Å². The lowest BCUT2D eigenvalue weighted by Crippen LogP contribution is -2.22. The Morgan fingerprint density at radius 3 is 2.11 bits per heavy atom. The van der Waals surface area contributed by atoms with Crippen molar-refractivity contribution in [2.45, 2.75) is 78.1 Å². The molecule has 2 aromatic rings. The van der Waals surface area contributed by atoms with E-state index >= 15 is 0 Å². The minimum Gasteiger partial charge on any atom is -0.452 e. The van der Waals surface area contributed by atoms with Crippen molar-refractivity contribution >= 4 is 34.9 Å². The molecule has 0 saturated carbocycles. The van der Waals surface area contributed by atoms with Crippen LogP contribution in [0.15, 0.2) is 48.5 Å². The number of anilines is 2. The van der Waals surface area contributed by atoms with E-state index < -0.39 is 18.5 Å². The van der Waals surface area contributed by atoms with Gasteiger partial charge in [0.25, 0.3) is 5.91 Å². The molecule has 0 unspecified atom stereocenters. The number of carbonyl (C=O) groups excluding carboxylic acids is 4. The third kappa shape index (κ3) is 10.8. The molecule has 194 valence electrons. The molecule has 0 bridgehead atoms. The first-order valence-electron chi connectivity index (χ1n) is 12.9. The van der Waals surface area contributed by atoms with Crippen LogP contribution in [0.25, 0.3) is 0 Å². The second-order valence-electron chi connectivity index (χ2n) is 8.93. The molecule has 0 heterocycles. The molecule has 36 heavy (non-hydrogen) atoms. The lowest BCUT2D eigenvalue weighted by Gasteiger charge is -2.11. The van der Waals surface area contributed by atoms with E-state index in [9.17, 15) is 19.2 Å². The first-order valence-corrected chi connectivity index (χ1v) is 12.9. The average Bonchev–Trinajstić information content (AvgIpc) is 2.86. The van der Waals surface area contributed by atoms with Crippen molar-refractivity contribution in [1.82, 2.24) is 0 Å². The number of hydrogen-bond acceptors (Lipinski definition) is 5. The third-order valence-electron chi connectivity index (χ3n) is 5.82. The molecule has 7 nitrogen and oxygen atoms in total. The highest BCUT2D eigenvalue weighted by atomic mass is 16.5. The van der Waals surface area contributed by atoms with Gasteiger partial charge in [0.05, 0.1) is 11.3 Å². The predicted octanol–water partition coefficient (Wildman–Crippen LogP) is 6.54. The topological polar surface area (TPSA) is 102 Å². The SMILES string of the molecule is CCCCCCCCCCCC(=O)Nc1ccccc1C(=O)OCC(=O)Nc1cccc(C(C)=O)c1. The first-order chi connectivity index (χ1) is 17.4. The predicted molar refractivity (Wildman–Crippen MR) is 142 cm³/mol. The number of para-hydroxylation sites is 1. The van der Waals surface area contributed by atoms with Crippen LogP contribution >= 0.6 is 0 Å². The normalized spacial score (nSPS) is 10.5. The van der Waals surface area contributed by atoms with Crippen LogP contribution in [0, 0.1) is 0 Å². The van der Waals surface area contributed by atoms with Crippen LogP contribution in [0.4, 0.5) is 11.4 Å². The number of ether oxygens (including phenoxy) is 1. The van der Waals surface area contributed by atoms with Crippen molar-refractivity contribution < 1.29 is 23.9 Å². The molecule has 0 radical (unpaired) electrons.